The van der Waals surface area contributed by atoms with Gasteiger partial charge in [-0.05, 0) is 19.1 Å². The van der Waals surface area contributed by atoms with Crippen molar-refractivity contribution in [2.75, 3.05) is 7.05 Å². The molecule has 0 aromatic heterocycles. The molecule has 0 aliphatic carbocycles. The van der Waals surface area contributed by atoms with E-state index in [1.165, 1.54) is 6.08 Å². The third kappa shape index (κ3) is 4.06. The molecule has 0 atom stereocenters. The molecule has 0 aromatic rings. The fourth-order valence-electron chi connectivity index (χ4n) is 0.639. The van der Waals surface area contributed by atoms with Crippen molar-refractivity contribution in [1.82, 2.24) is 5.32 Å². The van der Waals surface area contributed by atoms with Crippen LogP contribution in [0.4, 0.5) is 0 Å². The largest absolute Gasteiger partial charge is 0.354 e. The molecule has 1 amide bonds. The van der Waals surface area contributed by atoms with E-state index >= 15 is 0 Å². The molecule has 1 N–H and O–H groups in total. The fourth-order valence-corrected chi connectivity index (χ4v) is 0.639. The second-order valence-corrected chi connectivity index (χ2v) is 2.32. The van der Waals surface area contributed by atoms with Gasteiger partial charge in [-0.2, -0.15) is 0 Å². The molecule has 0 rings (SSSR count). The summed E-state index contributed by atoms with van der Waals surface area (Å²) in [6.07, 6.45) is 4.65. The summed E-state index contributed by atoms with van der Waals surface area (Å²) >= 11 is 0. The van der Waals surface area contributed by atoms with Gasteiger partial charge in [-0.15, -0.1) is 0 Å². The van der Waals surface area contributed by atoms with Gasteiger partial charge in [0, 0.05) is 12.8 Å². The zero-order chi connectivity index (χ0) is 10.3. The standard InChI is InChI=1S/C10H14N2O/c1-5-7-9(10(13)11-4)12-8(3)6-2/h5-7H,1-2H2,3-4H3,(H,11,13)/b9-7-,12-8-. The number of hydrogen-bond acceptors (Lipinski definition) is 2. The summed E-state index contributed by atoms with van der Waals surface area (Å²) < 4.78 is 0. The number of amides is 1. The van der Waals surface area contributed by atoms with Gasteiger partial charge in [0.2, 0.25) is 0 Å². The minimum atomic E-state index is -0.235. The lowest BCUT2D eigenvalue weighted by Crippen LogP contribution is -2.19. The lowest BCUT2D eigenvalue weighted by Gasteiger charge is -1.99. The van der Waals surface area contributed by atoms with Crippen LogP contribution in [-0.2, 0) is 4.79 Å². The maximum Gasteiger partial charge on any atom is 0.269 e. The van der Waals surface area contributed by atoms with Crippen molar-refractivity contribution in [3.8, 4) is 0 Å². The number of allylic oxidation sites excluding steroid dienone is 3. The van der Waals surface area contributed by atoms with Crippen LogP contribution in [-0.4, -0.2) is 18.7 Å². The van der Waals surface area contributed by atoms with E-state index in [0.29, 0.717) is 11.4 Å². The van der Waals surface area contributed by atoms with Gasteiger partial charge >= 0.3 is 0 Å². The Morgan fingerprint density at radius 3 is 2.46 bits per heavy atom. The number of nitrogens with one attached hydrogen (secondary N) is 1. The molecule has 0 aromatic carbocycles. The smallest absolute Gasteiger partial charge is 0.269 e. The lowest BCUT2D eigenvalue weighted by molar-refractivity contribution is -0.117. The van der Waals surface area contributed by atoms with Gasteiger partial charge in [0.25, 0.3) is 5.91 Å². The maximum absolute atomic E-state index is 11.2. The third-order valence-electron chi connectivity index (χ3n) is 1.33. The predicted octanol–water partition coefficient (Wildman–Crippen LogP) is 1.45. The second kappa shape index (κ2) is 5.94. The van der Waals surface area contributed by atoms with Gasteiger partial charge in [0.05, 0.1) is 0 Å². The first kappa shape index (κ1) is 11.4. The molecule has 0 saturated carbocycles. The Morgan fingerprint density at radius 1 is 1.46 bits per heavy atom. The molecule has 0 aliphatic heterocycles. The van der Waals surface area contributed by atoms with Crippen LogP contribution >= 0.6 is 0 Å². The molecule has 0 bridgehead atoms. The average molecular weight is 178 g/mol. The number of carbonyl (C=O) groups is 1. The number of nitrogens with zero attached hydrogens (tertiary/aromatic N) is 1. The third-order valence-corrected chi connectivity index (χ3v) is 1.33. The summed E-state index contributed by atoms with van der Waals surface area (Å²) in [4.78, 5) is 15.2. The zero-order valence-electron chi connectivity index (χ0n) is 8.00. The molecular weight excluding hydrogens is 164 g/mol. The van der Waals surface area contributed by atoms with Crippen molar-refractivity contribution < 1.29 is 4.79 Å². The topological polar surface area (TPSA) is 41.5 Å². The molecule has 0 radical (unpaired) electrons. The van der Waals surface area contributed by atoms with Crippen molar-refractivity contribution in [2.24, 2.45) is 4.99 Å². The SMILES string of the molecule is C=C/C=C(\N=C(\C)C=C)C(=O)NC. The molecular formula is C10H14N2O. The summed E-state index contributed by atoms with van der Waals surface area (Å²) in [5.74, 6) is -0.235. The maximum atomic E-state index is 11.2. The van der Waals surface area contributed by atoms with Gasteiger partial charge in [0.15, 0.2) is 0 Å². The predicted molar refractivity (Wildman–Crippen MR) is 55.7 cm³/mol. The van der Waals surface area contributed by atoms with Crippen LogP contribution in [0.15, 0.2) is 42.1 Å². The Morgan fingerprint density at radius 2 is 2.08 bits per heavy atom. The fraction of sp³-hybridized carbons (Fsp3) is 0.200. The highest BCUT2D eigenvalue weighted by molar-refractivity contribution is 6.00. The van der Waals surface area contributed by atoms with E-state index in [0.717, 1.165) is 0 Å². The number of aliphatic imine (C=N–C) groups is 1. The van der Waals surface area contributed by atoms with Crippen LogP contribution in [0.5, 0.6) is 0 Å². The van der Waals surface area contributed by atoms with E-state index in [-0.39, 0.29) is 5.91 Å². The van der Waals surface area contributed by atoms with E-state index < -0.39 is 0 Å². The number of likely N-dealkylation sites (N-methyl/N-ethyl adjacent to an activating group) is 1. The van der Waals surface area contributed by atoms with E-state index in [1.54, 1.807) is 26.1 Å². The van der Waals surface area contributed by atoms with Crippen molar-refractivity contribution in [3.05, 3.63) is 37.1 Å². The van der Waals surface area contributed by atoms with Crippen LogP contribution in [0.1, 0.15) is 6.92 Å². The molecule has 0 unspecified atom stereocenters. The summed E-state index contributed by atoms with van der Waals surface area (Å²) in [7, 11) is 1.55. The van der Waals surface area contributed by atoms with Crippen molar-refractivity contribution in [1.29, 1.82) is 0 Å². The normalized spacial score (nSPS) is 12.2. The highest BCUT2D eigenvalue weighted by atomic mass is 16.1. The summed E-state index contributed by atoms with van der Waals surface area (Å²) in [6.45, 7) is 8.81. The van der Waals surface area contributed by atoms with Crippen LogP contribution in [0.3, 0.4) is 0 Å². The monoisotopic (exact) mass is 178 g/mol. The van der Waals surface area contributed by atoms with Gasteiger partial charge in [-0.25, -0.2) is 4.99 Å². The van der Waals surface area contributed by atoms with Gasteiger partial charge in [-0.1, -0.05) is 19.2 Å². The van der Waals surface area contributed by atoms with Crippen LogP contribution in [0.25, 0.3) is 0 Å². The lowest BCUT2D eigenvalue weighted by atomic mass is 10.3. The first-order valence-electron chi connectivity index (χ1n) is 3.88. The quantitative estimate of drug-likeness (QED) is 0.395. The molecule has 0 aliphatic rings. The number of hydrogen-bond donors (Lipinski definition) is 1. The average Bonchev–Trinajstić information content (AvgIpc) is 2.15. The molecule has 0 fully saturated rings. The van der Waals surface area contributed by atoms with E-state index in [1.807, 2.05) is 0 Å². The first-order chi connectivity index (χ1) is 6.15. The Bertz CT molecular complexity index is 275. The van der Waals surface area contributed by atoms with Crippen LogP contribution < -0.4 is 5.32 Å². The summed E-state index contributed by atoms with van der Waals surface area (Å²) in [5.41, 5.74) is 1.02. The second-order valence-electron chi connectivity index (χ2n) is 2.32. The summed E-state index contributed by atoms with van der Waals surface area (Å²) in [5, 5.41) is 2.48. The summed E-state index contributed by atoms with van der Waals surface area (Å²) in [6, 6.07) is 0. The van der Waals surface area contributed by atoms with Crippen LogP contribution in [0, 0.1) is 0 Å². The molecule has 3 nitrogen and oxygen atoms in total. The minimum absolute atomic E-state index is 0.235. The van der Waals surface area contributed by atoms with Crippen molar-refractivity contribution >= 4 is 11.6 Å². The Balaban J connectivity index is 4.83. The van der Waals surface area contributed by atoms with Gasteiger partial charge in [0.1, 0.15) is 5.70 Å². The van der Waals surface area contributed by atoms with Gasteiger partial charge < -0.3 is 5.32 Å². The van der Waals surface area contributed by atoms with E-state index in [2.05, 4.69) is 23.5 Å². The molecule has 3 heteroatoms. The molecule has 13 heavy (non-hydrogen) atoms. The van der Waals surface area contributed by atoms with E-state index in [4.69, 9.17) is 0 Å². The Kier molecular flexibility index (Phi) is 5.19. The van der Waals surface area contributed by atoms with Crippen molar-refractivity contribution in [3.63, 3.8) is 0 Å². The molecule has 70 valence electrons. The highest BCUT2D eigenvalue weighted by Gasteiger charge is 2.03. The van der Waals surface area contributed by atoms with E-state index in [9.17, 15) is 4.79 Å². The Labute approximate surface area is 78.6 Å². The minimum Gasteiger partial charge on any atom is -0.354 e. The molecule has 0 heterocycles. The number of rotatable bonds is 4. The molecule has 0 spiro atoms. The Hall–Kier alpha value is -1.64. The number of carbonyl (C=O) groups excluding carboxylic acids is 1. The highest BCUT2D eigenvalue weighted by Crippen LogP contribution is 1.98. The first-order valence-corrected chi connectivity index (χ1v) is 3.88. The van der Waals surface area contributed by atoms with Crippen molar-refractivity contribution in [2.45, 2.75) is 6.92 Å². The van der Waals surface area contributed by atoms with Gasteiger partial charge in [-0.3, -0.25) is 4.79 Å². The van der Waals surface area contributed by atoms with Crippen LogP contribution in [0.2, 0.25) is 0 Å². The molecule has 0 saturated heterocycles. The zero-order valence-corrected chi connectivity index (χ0v) is 8.00.